The lowest BCUT2D eigenvalue weighted by molar-refractivity contribution is -0.138. The van der Waals surface area contributed by atoms with Crippen LogP contribution < -0.4 is 0 Å². The molecule has 0 atom stereocenters. The lowest BCUT2D eigenvalue weighted by atomic mass is 10.1. The van der Waals surface area contributed by atoms with Gasteiger partial charge in [-0.1, -0.05) is 44.0 Å². The van der Waals surface area contributed by atoms with E-state index in [0.29, 0.717) is 16.2 Å². The normalized spacial score (nSPS) is 14.5. The number of likely N-dealkylation sites (tertiary alicyclic amines) is 1. The number of hydrogen-bond acceptors (Lipinski definition) is 4. The van der Waals surface area contributed by atoms with Gasteiger partial charge in [0.1, 0.15) is 6.61 Å². The second-order valence-corrected chi connectivity index (χ2v) is 5.96. The number of benzene rings is 1. The average Bonchev–Trinajstić information content (AvgIpc) is 2.85. The van der Waals surface area contributed by atoms with Crippen LogP contribution in [-0.4, -0.2) is 35.8 Å². The summed E-state index contributed by atoms with van der Waals surface area (Å²) in [5.41, 5.74) is 2.30. The molecule has 0 bridgehead atoms. The van der Waals surface area contributed by atoms with Gasteiger partial charge in [0.15, 0.2) is 0 Å². The summed E-state index contributed by atoms with van der Waals surface area (Å²) in [5, 5.41) is 1.19. The van der Waals surface area contributed by atoms with Gasteiger partial charge < -0.3 is 4.74 Å². The van der Waals surface area contributed by atoms with E-state index in [4.69, 9.17) is 4.74 Å². The summed E-state index contributed by atoms with van der Waals surface area (Å²) in [7, 11) is 0. The highest BCUT2D eigenvalue weighted by Gasteiger charge is 2.28. The van der Waals surface area contributed by atoms with E-state index in [-0.39, 0.29) is 37.8 Å². The first kappa shape index (κ1) is 17.1. The standard InChI is InChI=1S/C15H15Br2NO4/c16-8-10-1-2-11(9-17)12(7-10)15(21)22-6-5-18-13(19)3-4-14(18)20/h1-2,7H,3-6,8-9H2. The zero-order valence-electron chi connectivity index (χ0n) is 11.8. The number of nitrogens with zero attached hydrogens (tertiary/aromatic N) is 1. The Bertz CT molecular complexity index is 587. The van der Waals surface area contributed by atoms with Crippen LogP contribution in [0.5, 0.6) is 0 Å². The molecule has 5 nitrogen and oxygen atoms in total. The van der Waals surface area contributed by atoms with Crippen LogP contribution in [0.1, 0.15) is 34.3 Å². The number of halogens is 2. The van der Waals surface area contributed by atoms with Crippen LogP contribution >= 0.6 is 31.9 Å². The van der Waals surface area contributed by atoms with Crippen molar-refractivity contribution in [1.29, 1.82) is 0 Å². The second-order valence-electron chi connectivity index (χ2n) is 4.83. The molecule has 1 heterocycles. The first-order chi connectivity index (χ1) is 10.6. The smallest absolute Gasteiger partial charge is 0.338 e. The minimum Gasteiger partial charge on any atom is -0.460 e. The highest BCUT2D eigenvalue weighted by molar-refractivity contribution is 9.08. The fraction of sp³-hybridized carbons (Fsp3) is 0.400. The Balaban J connectivity index is 1.97. The number of carbonyl (C=O) groups is 3. The number of alkyl halides is 2. The number of rotatable bonds is 6. The summed E-state index contributed by atoms with van der Waals surface area (Å²) in [4.78, 5) is 36.3. The molecular weight excluding hydrogens is 418 g/mol. The molecular formula is C15H15Br2NO4. The van der Waals surface area contributed by atoms with Crippen molar-refractivity contribution in [3.63, 3.8) is 0 Å². The number of ether oxygens (including phenoxy) is 1. The van der Waals surface area contributed by atoms with Crippen LogP contribution in [0, 0.1) is 0 Å². The third-order valence-electron chi connectivity index (χ3n) is 3.40. The Labute approximate surface area is 145 Å². The Morgan fingerprint density at radius 1 is 1.14 bits per heavy atom. The SMILES string of the molecule is O=C(OCCN1C(=O)CCC1=O)c1cc(CBr)ccc1CBr. The molecule has 0 unspecified atom stereocenters. The van der Waals surface area contributed by atoms with Crippen LogP contribution in [0.2, 0.25) is 0 Å². The van der Waals surface area contributed by atoms with Crippen molar-refractivity contribution in [2.75, 3.05) is 13.2 Å². The lowest BCUT2D eigenvalue weighted by Gasteiger charge is -2.14. The number of amides is 2. The van der Waals surface area contributed by atoms with E-state index in [0.717, 1.165) is 16.0 Å². The van der Waals surface area contributed by atoms with Gasteiger partial charge in [-0.05, 0) is 17.2 Å². The molecule has 7 heteroatoms. The van der Waals surface area contributed by atoms with E-state index in [2.05, 4.69) is 31.9 Å². The van der Waals surface area contributed by atoms with Crippen LogP contribution in [0.4, 0.5) is 0 Å². The third kappa shape index (κ3) is 3.95. The predicted octanol–water partition coefficient (Wildman–Crippen LogP) is 2.78. The van der Waals surface area contributed by atoms with Gasteiger partial charge in [0, 0.05) is 23.5 Å². The van der Waals surface area contributed by atoms with Crippen LogP contribution in [0.15, 0.2) is 18.2 Å². The predicted molar refractivity (Wildman–Crippen MR) is 87.9 cm³/mol. The van der Waals surface area contributed by atoms with Crippen molar-refractivity contribution in [3.8, 4) is 0 Å². The minimum atomic E-state index is -0.448. The van der Waals surface area contributed by atoms with Gasteiger partial charge in [0.25, 0.3) is 0 Å². The van der Waals surface area contributed by atoms with Gasteiger partial charge >= 0.3 is 5.97 Å². The van der Waals surface area contributed by atoms with Crippen molar-refractivity contribution >= 4 is 49.6 Å². The second kappa shape index (κ2) is 7.87. The maximum atomic E-state index is 12.2. The zero-order valence-corrected chi connectivity index (χ0v) is 15.0. The number of imide groups is 1. The quantitative estimate of drug-likeness (QED) is 0.394. The topological polar surface area (TPSA) is 63.7 Å². The summed E-state index contributed by atoms with van der Waals surface area (Å²) >= 11 is 6.70. The van der Waals surface area contributed by atoms with Gasteiger partial charge in [-0.15, -0.1) is 0 Å². The lowest BCUT2D eigenvalue weighted by Crippen LogP contribution is -2.33. The first-order valence-electron chi connectivity index (χ1n) is 6.81. The molecule has 118 valence electrons. The van der Waals surface area contributed by atoms with E-state index < -0.39 is 5.97 Å². The van der Waals surface area contributed by atoms with E-state index in [1.165, 1.54) is 0 Å². The third-order valence-corrected chi connectivity index (χ3v) is 4.65. The van der Waals surface area contributed by atoms with Gasteiger partial charge in [-0.25, -0.2) is 4.79 Å². The summed E-state index contributed by atoms with van der Waals surface area (Å²) in [6, 6.07) is 5.58. The highest BCUT2D eigenvalue weighted by Crippen LogP contribution is 2.18. The highest BCUT2D eigenvalue weighted by atomic mass is 79.9. The minimum absolute atomic E-state index is 0.0105. The maximum Gasteiger partial charge on any atom is 0.338 e. The molecule has 1 aliphatic rings. The fourth-order valence-corrected chi connectivity index (χ4v) is 3.03. The molecule has 0 N–H and O–H groups in total. The summed E-state index contributed by atoms with van der Waals surface area (Å²) < 4.78 is 5.21. The molecule has 22 heavy (non-hydrogen) atoms. The van der Waals surface area contributed by atoms with Crippen molar-refractivity contribution in [1.82, 2.24) is 4.90 Å². The van der Waals surface area contributed by atoms with Crippen LogP contribution in [-0.2, 0) is 25.0 Å². The van der Waals surface area contributed by atoms with Crippen molar-refractivity contribution in [2.45, 2.75) is 23.5 Å². The largest absolute Gasteiger partial charge is 0.460 e. The summed E-state index contributed by atoms with van der Waals surface area (Å²) in [6.45, 7) is 0.127. The molecule has 0 aliphatic carbocycles. The van der Waals surface area contributed by atoms with E-state index in [9.17, 15) is 14.4 Å². The molecule has 0 saturated carbocycles. The maximum absolute atomic E-state index is 12.2. The number of carbonyl (C=O) groups excluding carboxylic acids is 3. The molecule has 1 aromatic rings. The van der Waals surface area contributed by atoms with Crippen molar-refractivity contribution < 1.29 is 19.1 Å². The molecule has 1 aromatic carbocycles. The van der Waals surface area contributed by atoms with Crippen molar-refractivity contribution in [2.24, 2.45) is 0 Å². The molecule has 2 rings (SSSR count). The van der Waals surface area contributed by atoms with E-state index in [1.807, 2.05) is 12.1 Å². The van der Waals surface area contributed by atoms with Gasteiger partial charge in [0.05, 0.1) is 12.1 Å². The molecule has 0 radical (unpaired) electrons. The molecule has 0 aromatic heterocycles. The average molecular weight is 433 g/mol. The van der Waals surface area contributed by atoms with Gasteiger partial charge in [0.2, 0.25) is 11.8 Å². The zero-order chi connectivity index (χ0) is 16.1. The molecule has 1 fully saturated rings. The summed E-state index contributed by atoms with van der Waals surface area (Å²) in [6.07, 6.45) is 0.488. The molecule has 0 spiro atoms. The van der Waals surface area contributed by atoms with Gasteiger partial charge in [-0.2, -0.15) is 0 Å². The van der Waals surface area contributed by atoms with Crippen LogP contribution in [0.3, 0.4) is 0 Å². The van der Waals surface area contributed by atoms with E-state index >= 15 is 0 Å². The van der Waals surface area contributed by atoms with E-state index in [1.54, 1.807) is 6.07 Å². The number of esters is 1. The van der Waals surface area contributed by atoms with Crippen molar-refractivity contribution in [3.05, 3.63) is 34.9 Å². The fourth-order valence-electron chi connectivity index (χ4n) is 2.19. The Hall–Kier alpha value is -1.21. The first-order valence-corrected chi connectivity index (χ1v) is 9.05. The Kier molecular flexibility index (Phi) is 6.14. The molecule has 2 amide bonds. The Morgan fingerprint density at radius 3 is 2.41 bits per heavy atom. The molecule has 1 aliphatic heterocycles. The van der Waals surface area contributed by atoms with Gasteiger partial charge in [-0.3, -0.25) is 14.5 Å². The van der Waals surface area contributed by atoms with Crippen LogP contribution in [0.25, 0.3) is 0 Å². The Morgan fingerprint density at radius 2 is 1.82 bits per heavy atom. The summed E-state index contributed by atoms with van der Waals surface area (Å²) in [5.74, 6) is -0.858. The molecule has 1 saturated heterocycles. The number of hydrogen-bond donors (Lipinski definition) is 0. The monoisotopic (exact) mass is 431 g/mol.